The average molecular weight is 375 g/mol. The van der Waals surface area contributed by atoms with Gasteiger partial charge in [-0.2, -0.15) is 0 Å². The van der Waals surface area contributed by atoms with E-state index in [4.69, 9.17) is 9.47 Å². The SMILES string of the molecule is COc1ccc(CCNC(=O)C2CSc3nccc(=O)n3C2)cc1OC. The van der Waals surface area contributed by atoms with E-state index in [9.17, 15) is 9.59 Å². The van der Waals surface area contributed by atoms with Gasteiger partial charge < -0.3 is 14.8 Å². The number of ether oxygens (including phenoxy) is 2. The zero-order chi connectivity index (χ0) is 18.5. The van der Waals surface area contributed by atoms with Crippen LogP contribution in [0.1, 0.15) is 5.56 Å². The van der Waals surface area contributed by atoms with Gasteiger partial charge in [0, 0.05) is 31.1 Å². The lowest BCUT2D eigenvalue weighted by Gasteiger charge is -2.23. The predicted octanol–water partition coefficient (Wildman–Crippen LogP) is 1.34. The van der Waals surface area contributed by atoms with Crippen LogP contribution in [-0.2, 0) is 17.8 Å². The second-order valence-electron chi connectivity index (χ2n) is 5.91. The second-order valence-corrected chi connectivity index (χ2v) is 6.90. The van der Waals surface area contributed by atoms with Crippen LogP contribution in [0.4, 0.5) is 0 Å². The van der Waals surface area contributed by atoms with E-state index in [1.165, 1.54) is 24.0 Å². The van der Waals surface area contributed by atoms with Gasteiger partial charge in [-0.05, 0) is 24.1 Å². The molecule has 1 N–H and O–H groups in total. The molecule has 3 rings (SSSR count). The van der Waals surface area contributed by atoms with Crippen molar-refractivity contribution in [3.05, 3.63) is 46.4 Å². The lowest BCUT2D eigenvalue weighted by atomic mass is 10.1. The summed E-state index contributed by atoms with van der Waals surface area (Å²) in [6, 6.07) is 7.12. The van der Waals surface area contributed by atoms with Crippen LogP contribution in [0.25, 0.3) is 0 Å². The number of benzene rings is 1. The fourth-order valence-electron chi connectivity index (χ4n) is 2.82. The highest BCUT2D eigenvalue weighted by molar-refractivity contribution is 7.99. The summed E-state index contributed by atoms with van der Waals surface area (Å²) >= 11 is 1.44. The van der Waals surface area contributed by atoms with E-state index in [2.05, 4.69) is 10.3 Å². The number of thioether (sulfide) groups is 1. The number of methoxy groups -OCH3 is 2. The molecule has 1 amide bonds. The quantitative estimate of drug-likeness (QED) is 0.768. The summed E-state index contributed by atoms with van der Waals surface area (Å²) in [6.45, 7) is 0.890. The molecule has 0 saturated heterocycles. The summed E-state index contributed by atoms with van der Waals surface area (Å²) < 4.78 is 12.1. The van der Waals surface area contributed by atoms with Gasteiger partial charge in [0.2, 0.25) is 5.91 Å². The Kier molecular flexibility index (Phi) is 5.82. The van der Waals surface area contributed by atoms with E-state index >= 15 is 0 Å². The normalized spacial score (nSPS) is 15.8. The summed E-state index contributed by atoms with van der Waals surface area (Å²) in [5.41, 5.74) is 0.928. The van der Waals surface area contributed by atoms with E-state index in [0.29, 0.717) is 41.9 Å². The first kappa shape index (κ1) is 18.3. The Hall–Kier alpha value is -2.48. The van der Waals surface area contributed by atoms with Gasteiger partial charge in [0.05, 0.1) is 20.1 Å². The molecule has 1 aromatic heterocycles. The van der Waals surface area contributed by atoms with E-state index in [1.54, 1.807) is 18.8 Å². The Bertz CT molecular complexity index is 853. The number of carbonyl (C=O) groups is 1. The molecule has 0 bridgehead atoms. The Labute approximate surface area is 155 Å². The summed E-state index contributed by atoms with van der Waals surface area (Å²) in [4.78, 5) is 28.5. The largest absolute Gasteiger partial charge is 0.493 e. The highest BCUT2D eigenvalue weighted by Crippen LogP contribution is 2.27. The molecule has 7 nitrogen and oxygen atoms in total. The topological polar surface area (TPSA) is 82.5 Å². The number of hydrogen-bond donors (Lipinski definition) is 1. The zero-order valence-corrected chi connectivity index (χ0v) is 15.5. The van der Waals surface area contributed by atoms with Crippen LogP contribution in [0.2, 0.25) is 0 Å². The van der Waals surface area contributed by atoms with E-state index < -0.39 is 0 Å². The van der Waals surface area contributed by atoms with Crippen molar-refractivity contribution in [1.29, 1.82) is 0 Å². The number of amides is 1. The number of rotatable bonds is 6. The van der Waals surface area contributed by atoms with E-state index in [-0.39, 0.29) is 17.4 Å². The standard InChI is InChI=1S/C18H21N3O4S/c1-24-14-4-3-12(9-15(14)25-2)5-7-19-17(23)13-10-21-16(22)6-8-20-18(21)26-11-13/h3-4,6,8-9,13H,5,7,10-11H2,1-2H3,(H,19,23). The molecule has 0 aliphatic carbocycles. The molecule has 0 fully saturated rings. The summed E-state index contributed by atoms with van der Waals surface area (Å²) in [7, 11) is 3.19. The Morgan fingerprint density at radius 2 is 2.12 bits per heavy atom. The van der Waals surface area contributed by atoms with Gasteiger partial charge in [0.15, 0.2) is 16.7 Å². The number of nitrogens with zero attached hydrogens (tertiary/aromatic N) is 2. The molecule has 1 atom stereocenters. The number of nitrogens with one attached hydrogen (secondary N) is 1. The van der Waals surface area contributed by atoms with Gasteiger partial charge in [-0.15, -0.1) is 0 Å². The fraction of sp³-hybridized carbons (Fsp3) is 0.389. The third-order valence-corrected chi connectivity index (χ3v) is 5.40. The molecule has 2 heterocycles. The minimum atomic E-state index is -0.236. The van der Waals surface area contributed by atoms with Gasteiger partial charge in [0.1, 0.15) is 0 Å². The van der Waals surface area contributed by atoms with Crippen LogP contribution in [0.3, 0.4) is 0 Å². The molecule has 1 unspecified atom stereocenters. The van der Waals surface area contributed by atoms with Crippen molar-refractivity contribution in [3.63, 3.8) is 0 Å². The molecule has 138 valence electrons. The molecular weight excluding hydrogens is 354 g/mol. The van der Waals surface area contributed by atoms with Crippen LogP contribution in [-0.4, -0.2) is 42.0 Å². The van der Waals surface area contributed by atoms with E-state index in [1.807, 2.05) is 18.2 Å². The van der Waals surface area contributed by atoms with Crippen LogP contribution < -0.4 is 20.3 Å². The first-order chi connectivity index (χ1) is 12.6. The van der Waals surface area contributed by atoms with Crippen molar-refractivity contribution in [2.24, 2.45) is 5.92 Å². The zero-order valence-electron chi connectivity index (χ0n) is 14.7. The maximum absolute atomic E-state index is 12.4. The van der Waals surface area contributed by atoms with Gasteiger partial charge in [-0.1, -0.05) is 17.8 Å². The van der Waals surface area contributed by atoms with Crippen molar-refractivity contribution in [1.82, 2.24) is 14.9 Å². The Balaban J connectivity index is 1.55. The van der Waals surface area contributed by atoms with E-state index in [0.717, 1.165) is 5.56 Å². The molecule has 0 radical (unpaired) electrons. The maximum atomic E-state index is 12.4. The molecule has 1 aromatic carbocycles. The summed E-state index contributed by atoms with van der Waals surface area (Å²) in [5, 5.41) is 3.63. The monoisotopic (exact) mass is 375 g/mol. The van der Waals surface area contributed by atoms with Gasteiger partial charge in [-0.25, -0.2) is 4.98 Å². The molecule has 8 heteroatoms. The molecule has 1 aliphatic rings. The van der Waals surface area contributed by atoms with Crippen LogP contribution >= 0.6 is 11.8 Å². The summed E-state index contributed by atoms with van der Waals surface area (Å²) in [5.74, 6) is 1.69. The van der Waals surface area contributed by atoms with Crippen molar-refractivity contribution >= 4 is 17.7 Å². The van der Waals surface area contributed by atoms with Crippen LogP contribution in [0.15, 0.2) is 40.4 Å². The van der Waals surface area contributed by atoms with Crippen molar-refractivity contribution in [2.75, 3.05) is 26.5 Å². The molecule has 0 spiro atoms. The molecule has 26 heavy (non-hydrogen) atoms. The third-order valence-electron chi connectivity index (χ3n) is 4.25. The smallest absolute Gasteiger partial charge is 0.254 e. The van der Waals surface area contributed by atoms with Gasteiger partial charge in [-0.3, -0.25) is 14.2 Å². The lowest BCUT2D eigenvalue weighted by molar-refractivity contribution is -0.124. The highest BCUT2D eigenvalue weighted by Gasteiger charge is 2.26. The Morgan fingerprint density at radius 3 is 2.88 bits per heavy atom. The van der Waals surface area contributed by atoms with Crippen molar-refractivity contribution in [3.8, 4) is 11.5 Å². The number of carbonyl (C=O) groups excluding carboxylic acids is 1. The number of hydrogen-bond acceptors (Lipinski definition) is 6. The molecule has 0 saturated carbocycles. The first-order valence-corrected chi connectivity index (χ1v) is 9.28. The Morgan fingerprint density at radius 1 is 1.31 bits per heavy atom. The fourth-order valence-corrected chi connectivity index (χ4v) is 3.88. The molecular formula is C18H21N3O4S. The van der Waals surface area contributed by atoms with Crippen molar-refractivity contribution in [2.45, 2.75) is 18.1 Å². The van der Waals surface area contributed by atoms with Gasteiger partial charge >= 0.3 is 0 Å². The lowest BCUT2D eigenvalue weighted by Crippen LogP contribution is -2.40. The second kappa shape index (κ2) is 8.27. The molecule has 1 aliphatic heterocycles. The van der Waals surface area contributed by atoms with Crippen LogP contribution in [0.5, 0.6) is 11.5 Å². The van der Waals surface area contributed by atoms with Crippen molar-refractivity contribution < 1.29 is 14.3 Å². The average Bonchev–Trinajstić information content (AvgIpc) is 2.67. The minimum absolute atomic E-state index is 0.0422. The molecule has 2 aromatic rings. The number of aromatic nitrogens is 2. The predicted molar refractivity (Wildman–Crippen MR) is 99.0 cm³/mol. The van der Waals surface area contributed by atoms with Crippen LogP contribution in [0, 0.1) is 5.92 Å². The number of fused-ring (bicyclic) bond motifs is 1. The minimum Gasteiger partial charge on any atom is -0.493 e. The first-order valence-electron chi connectivity index (χ1n) is 8.29. The summed E-state index contributed by atoms with van der Waals surface area (Å²) in [6.07, 6.45) is 2.19. The van der Waals surface area contributed by atoms with Gasteiger partial charge in [0.25, 0.3) is 5.56 Å². The highest BCUT2D eigenvalue weighted by atomic mass is 32.2. The third kappa shape index (κ3) is 4.01. The maximum Gasteiger partial charge on any atom is 0.254 e.